The molecule has 3 nitrogen and oxygen atoms in total. The van der Waals surface area contributed by atoms with Gasteiger partial charge in [0.15, 0.2) is 0 Å². The Morgan fingerprint density at radius 1 is 0.842 bits per heavy atom. The standard InChI is InChI=1S/C16H12N2O/c19-12-18-11-15(13-7-3-1-4-8-13)16(17-18)14-9-5-2-6-10-14/h1-12H. The minimum atomic E-state index is 0.707. The fourth-order valence-corrected chi connectivity index (χ4v) is 2.08. The summed E-state index contributed by atoms with van der Waals surface area (Å²) in [5.41, 5.74) is 3.83. The molecule has 92 valence electrons. The average molecular weight is 248 g/mol. The first-order chi connectivity index (χ1) is 9.38. The molecule has 3 rings (SSSR count). The third kappa shape index (κ3) is 2.18. The van der Waals surface area contributed by atoms with Gasteiger partial charge in [-0.2, -0.15) is 5.10 Å². The summed E-state index contributed by atoms with van der Waals surface area (Å²) in [5, 5.41) is 4.32. The number of aromatic nitrogens is 2. The smallest absolute Gasteiger partial charge is 0.234 e. The van der Waals surface area contributed by atoms with Crippen LogP contribution in [-0.2, 0) is 4.79 Å². The summed E-state index contributed by atoms with van der Waals surface area (Å²) < 4.78 is 1.31. The zero-order valence-corrected chi connectivity index (χ0v) is 10.2. The van der Waals surface area contributed by atoms with Crippen molar-refractivity contribution in [3.05, 3.63) is 66.9 Å². The molecule has 0 radical (unpaired) electrons. The number of carbonyl (C=O) groups excluding carboxylic acids is 1. The van der Waals surface area contributed by atoms with Crippen molar-refractivity contribution in [3.8, 4) is 22.4 Å². The summed E-state index contributed by atoms with van der Waals surface area (Å²) >= 11 is 0. The van der Waals surface area contributed by atoms with Crippen LogP contribution in [0.1, 0.15) is 0 Å². The van der Waals surface area contributed by atoms with E-state index in [0.717, 1.165) is 22.4 Å². The van der Waals surface area contributed by atoms with E-state index in [1.54, 1.807) is 6.20 Å². The van der Waals surface area contributed by atoms with Crippen molar-refractivity contribution in [2.45, 2.75) is 0 Å². The minimum absolute atomic E-state index is 0.707. The molecule has 0 aliphatic carbocycles. The van der Waals surface area contributed by atoms with Gasteiger partial charge < -0.3 is 0 Å². The van der Waals surface area contributed by atoms with Crippen LogP contribution in [0.25, 0.3) is 22.4 Å². The lowest BCUT2D eigenvalue weighted by molar-refractivity contribution is 0.541. The normalized spacial score (nSPS) is 10.3. The summed E-state index contributed by atoms with van der Waals surface area (Å²) in [7, 11) is 0. The quantitative estimate of drug-likeness (QED) is 0.667. The maximum absolute atomic E-state index is 10.9. The lowest BCUT2D eigenvalue weighted by atomic mass is 10.0. The summed E-state index contributed by atoms with van der Waals surface area (Å²) in [6.07, 6.45) is 2.46. The fraction of sp³-hybridized carbons (Fsp3) is 0. The molecular weight excluding hydrogens is 236 g/mol. The van der Waals surface area contributed by atoms with Crippen LogP contribution >= 0.6 is 0 Å². The van der Waals surface area contributed by atoms with Crippen LogP contribution in [0, 0.1) is 0 Å². The summed E-state index contributed by atoms with van der Waals surface area (Å²) in [5.74, 6) is 0. The molecule has 0 fully saturated rings. The van der Waals surface area contributed by atoms with Crippen molar-refractivity contribution in [2.24, 2.45) is 0 Å². The highest BCUT2D eigenvalue weighted by Gasteiger charge is 2.12. The molecule has 0 saturated heterocycles. The van der Waals surface area contributed by atoms with Crippen molar-refractivity contribution in [1.82, 2.24) is 9.78 Å². The van der Waals surface area contributed by atoms with Gasteiger partial charge in [-0.15, -0.1) is 0 Å². The Hall–Kier alpha value is -2.68. The molecule has 0 N–H and O–H groups in total. The Kier molecular flexibility index (Phi) is 2.94. The molecular formula is C16H12N2O. The van der Waals surface area contributed by atoms with E-state index < -0.39 is 0 Å². The van der Waals surface area contributed by atoms with Gasteiger partial charge in [0, 0.05) is 17.3 Å². The van der Waals surface area contributed by atoms with Gasteiger partial charge in [0.25, 0.3) is 0 Å². The van der Waals surface area contributed by atoms with E-state index in [0.29, 0.717) is 6.41 Å². The molecule has 0 saturated carbocycles. The van der Waals surface area contributed by atoms with Crippen LogP contribution in [0.4, 0.5) is 0 Å². The zero-order valence-electron chi connectivity index (χ0n) is 10.2. The summed E-state index contributed by atoms with van der Waals surface area (Å²) in [6.45, 7) is 0. The molecule has 0 unspecified atom stereocenters. The second-order valence-corrected chi connectivity index (χ2v) is 4.21. The largest absolute Gasteiger partial charge is 0.276 e. The highest BCUT2D eigenvalue weighted by atomic mass is 16.1. The Bertz CT molecular complexity index is 630. The second-order valence-electron chi connectivity index (χ2n) is 4.21. The number of hydrogen-bond donors (Lipinski definition) is 0. The fourth-order valence-electron chi connectivity index (χ4n) is 2.08. The third-order valence-corrected chi connectivity index (χ3v) is 2.97. The first kappa shape index (κ1) is 11.4. The van der Waals surface area contributed by atoms with Gasteiger partial charge in [-0.05, 0) is 5.56 Å². The molecule has 1 heterocycles. The molecule has 0 amide bonds. The molecule has 0 spiro atoms. The Morgan fingerprint density at radius 2 is 1.42 bits per heavy atom. The molecule has 2 aromatic carbocycles. The maximum atomic E-state index is 10.9. The van der Waals surface area contributed by atoms with Crippen molar-refractivity contribution >= 4 is 6.41 Å². The van der Waals surface area contributed by atoms with Gasteiger partial charge >= 0.3 is 0 Å². The predicted octanol–water partition coefficient (Wildman–Crippen LogP) is 3.26. The molecule has 0 aliphatic heterocycles. The van der Waals surface area contributed by atoms with Crippen LogP contribution in [0.15, 0.2) is 66.9 Å². The van der Waals surface area contributed by atoms with Crippen LogP contribution in [0.2, 0.25) is 0 Å². The summed E-state index contributed by atoms with van der Waals surface area (Å²) in [6, 6.07) is 19.8. The SMILES string of the molecule is O=Cn1cc(-c2ccccc2)c(-c2ccccc2)n1. The maximum Gasteiger partial charge on any atom is 0.234 e. The van der Waals surface area contributed by atoms with Gasteiger partial charge in [0.2, 0.25) is 6.41 Å². The van der Waals surface area contributed by atoms with Crippen LogP contribution in [0.5, 0.6) is 0 Å². The molecule has 3 aromatic rings. The van der Waals surface area contributed by atoms with Crippen LogP contribution in [-0.4, -0.2) is 16.2 Å². The molecule has 0 atom stereocenters. The zero-order chi connectivity index (χ0) is 13.1. The molecule has 1 aromatic heterocycles. The minimum Gasteiger partial charge on any atom is -0.276 e. The number of rotatable bonds is 3. The second kappa shape index (κ2) is 4.90. The Morgan fingerprint density at radius 3 is 2.00 bits per heavy atom. The molecule has 0 aliphatic rings. The van der Waals surface area contributed by atoms with E-state index in [1.807, 2.05) is 60.7 Å². The molecule has 3 heteroatoms. The summed E-state index contributed by atoms with van der Waals surface area (Å²) in [4.78, 5) is 10.9. The van der Waals surface area contributed by atoms with Crippen molar-refractivity contribution in [3.63, 3.8) is 0 Å². The van der Waals surface area contributed by atoms with E-state index in [1.165, 1.54) is 4.68 Å². The van der Waals surface area contributed by atoms with E-state index in [-0.39, 0.29) is 0 Å². The Balaban J connectivity index is 2.19. The lowest BCUT2D eigenvalue weighted by Gasteiger charge is -2.02. The van der Waals surface area contributed by atoms with Gasteiger partial charge in [0.05, 0.1) is 0 Å². The Labute approximate surface area is 111 Å². The van der Waals surface area contributed by atoms with Gasteiger partial charge in [-0.1, -0.05) is 60.7 Å². The van der Waals surface area contributed by atoms with E-state index >= 15 is 0 Å². The van der Waals surface area contributed by atoms with Crippen LogP contribution < -0.4 is 0 Å². The van der Waals surface area contributed by atoms with E-state index in [2.05, 4.69) is 5.10 Å². The number of hydrogen-bond acceptors (Lipinski definition) is 2. The van der Waals surface area contributed by atoms with Gasteiger partial charge in [-0.25, -0.2) is 4.68 Å². The van der Waals surface area contributed by atoms with Crippen molar-refractivity contribution in [2.75, 3.05) is 0 Å². The number of benzene rings is 2. The van der Waals surface area contributed by atoms with Crippen molar-refractivity contribution in [1.29, 1.82) is 0 Å². The van der Waals surface area contributed by atoms with Crippen molar-refractivity contribution < 1.29 is 4.79 Å². The first-order valence-electron chi connectivity index (χ1n) is 6.04. The highest BCUT2D eigenvalue weighted by Crippen LogP contribution is 2.30. The molecule has 0 bridgehead atoms. The average Bonchev–Trinajstić information content (AvgIpc) is 2.93. The van der Waals surface area contributed by atoms with E-state index in [4.69, 9.17) is 0 Å². The van der Waals surface area contributed by atoms with Crippen LogP contribution in [0.3, 0.4) is 0 Å². The molecule has 19 heavy (non-hydrogen) atoms. The monoisotopic (exact) mass is 248 g/mol. The lowest BCUT2D eigenvalue weighted by Crippen LogP contribution is -1.94. The third-order valence-electron chi connectivity index (χ3n) is 2.97. The highest BCUT2D eigenvalue weighted by molar-refractivity contribution is 5.81. The topological polar surface area (TPSA) is 34.9 Å². The van der Waals surface area contributed by atoms with Gasteiger partial charge in [0.1, 0.15) is 5.69 Å². The van der Waals surface area contributed by atoms with E-state index in [9.17, 15) is 4.79 Å². The number of carbonyl (C=O) groups is 1. The predicted molar refractivity (Wildman–Crippen MR) is 75.2 cm³/mol. The number of nitrogens with zero attached hydrogens (tertiary/aromatic N) is 2. The first-order valence-corrected chi connectivity index (χ1v) is 6.04. The van der Waals surface area contributed by atoms with Gasteiger partial charge in [-0.3, -0.25) is 4.79 Å².